The van der Waals surface area contributed by atoms with Crippen molar-refractivity contribution >= 4 is 17.0 Å². The second kappa shape index (κ2) is 6.45. The Bertz CT molecular complexity index is 1200. The summed E-state index contributed by atoms with van der Waals surface area (Å²) in [6, 6.07) is 7.61. The van der Waals surface area contributed by atoms with Crippen LogP contribution in [0.4, 0.5) is 13.2 Å². The van der Waals surface area contributed by atoms with Crippen molar-refractivity contribution in [3.8, 4) is 16.8 Å². The first kappa shape index (κ1) is 17.7. The Balaban J connectivity index is 1.83. The van der Waals surface area contributed by atoms with E-state index in [0.29, 0.717) is 22.2 Å². The van der Waals surface area contributed by atoms with E-state index in [4.69, 9.17) is 0 Å². The number of fused-ring (bicyclic) bond motifs is 1. The normalized spacial score (nSPS) is 11.7. The van der Waals surface area contributed by atoms with Crippen LogP contribution in [0, 0.1) is 0 Å². The van der Waals surface area contributed by atoms with Gasteiger partial charge in [0.2, 0.25) is 0 Å². The summed E-state index contributed by atoms with van der Waals surface area (Å²) < 4.78 is 40.1. The van der Waals surface area contributed by atoms with Crippen LogP contribution >= 0.6 is 0 Å². The molecule has 0 saturated heterocycles. The maximum absolute atomic E-state index is 12.9. The largest absolute Gasteiger partial charge is 0.478 e. The molecule has 0 saturated carbocycles. The highest BCUT2D eigenvalue weighted by Gasteiger charge is 2.30. The van der Waals surface area contributed by atoms with Gasteiger partial charge >= 0.3 is 12.1 Å². The van der Waals surface area contributed by atoms with Gasteiger partial charge in [0, 0.05) is 29.7 Å². The zero-order chi connectivity index (χ0) is 19.9. The van der Waals surface area contributed by atoms with E-state index in [-0.39, 0.29) is 11.3 Å². The lowest BCUT2D eigenvalue weighted by Crippen LogP contribution is -2.06. The molecule has 0 aliphatic rings. The molecule has 2 aromatic carbocycles. The minimum absolute atomic E-state index is 0.0230. The highest BCUT2D eigenvalue weighted by Crippen LogP contribution is 2.31. The van der Waals surface area contributed by atoms with Crippen LogP contribution in [0.3, 0.4) is 0 Å². The van der Waals surface area contributed by atoms with Crippen LogP contribution in [-0.4, -0.2) is 30.8 Å². The molecule has 9 heteroatoms. The van der Waals surface area contributed by atoms with Crippen LogP contribution in [0.25, 0.3) is 27.8 Å². The van der Waals surface area contributed by atoms with Gasteiger partial charge in [0.25, 0.3) is 0 Å². The fourth-order valence-electron chi connectivity index (χ4n) is 2.85. The highest BCUT2D eigenvalue weighted by molar-refractivity contribution is 5.99. The maximum Gasteiger partial charge on any atom is 0.416 e. The van der Waals surface area contributed by atoms with Gasteiger partial charge in [-0.2, -0.15) is 18.3 Å². The second-order valence-electron chi connectivity index (χ2n) is 5.97. The molecule has 140 valence electrons. The lowest BCUT2D eigenvalue weighted by Gasteiger charge is -2.08. The number of alkyl halides is 3. The van der Waals surface area contributed by atoms with Crippen LogP contribution in [0.2, 0.25) is 0 Å². The van der Waals surface area contributed by atoms with Crippen LogP contribution in [0.1, 0.15) is 15.9 Å². The number of nitrogens with zero attached hydrogens (tertiary/aromatic N) is 4. The Morgan fingerprint density at radius 2 is 1.86 bits per heavy atom. The van der Waals surface area contributed by atoms with Crippen molar-refractivity contribution in [1.82, 2.24) is 19.7 Å². The molecule has 1 N–H and O–H groups in total. The number of hydrogen-bond donors (Lipinski definition) is 1. The summed E-state index contributed by atoms with van der Waals surface area (Å²) in [6.07, 6.45) is 1.42. The summed E-state index contributed by atoms with van der Waals surface area (Å²) in [5.74, 6) is -1.13. The van der Waals surface area contributed by atoms with E-state index < -0.39 is 17.7 Å². The van der Waals surface area contributed by atoms with Crippen molar-refractivity contribution in [3.63, 3.8) is 0 Å². The number of rotatable bonds is 3. The summed E-state index contributed by atoms with van der Waals surface area (Å²) in [6.45, 7) is 0. The molecule has 0 unspecified atom stereocenters. The predicted molar refractivity (Wildman–Crippen MR) is 94.1 cm³/mol. The Labute approximate surface area is 155 Å². The predicted octanol–water partition coefficient (Wildman–Crippen LogP) is 4.20. The number of aromatic nitrogens is 4. The molecule has 2 aromatic heterocycles. The van der Waals surface area contributed by atoms with Gasteiger partial charge in [-0.25, -0.2) is 9.48 Å². The van der Waals surface area contributed by atoms with Gasteiger partial charge in [-0.1, -0.05) is 6.07 Å². The van der Waals surface area contributed by atoms with E-state index in [1.807, 2.05) is 0 Å². The van der Waals surface area contributed by atoms with Crippen molar-refractivity contribution in [2.75, 3.05) is 0 Å². The molecule has 0 aliphatic heterocycles. The lowest BCUT2D eigenvalue weighted by molar-refractivity contribution is -0.137. The average molecular weight is 384 g/mol. The summed E-state index contributed by atoms with van der Waals surface area (Å²) in [5.41, 5.74) is 1.31. The number of carboxylic acids is 1. The number of carbonyl (C=O) groups is 1. The van der Waals surface area contributed by atoms with E-state index in [2.05, 4.69) is 15.1 Å². The van der Waals surface area contributed by atoms with Gasteiger partial charge in [-0.15, -0.1) is 0 Å². The minimum atomic E-state index is -4.46. The number of carboxylic acid groups (broad SMARTS) is 1. The zero-order valence-corrected chi connectivity index (χ0v) is 14.1. The Morgan fingerprint density at radius 3 is 2.61 bits per heavy atom. The topological polar surface area (TPSA) is 80.9 Å². The fraction of sp³-hybridized carbons (Fsp3) is 0.0526. The average Bonchev–Trinajstić information content (AvgIpc) is 3.16. The molecule has 6 nitrogen and oxygen atoms in total. The first-order valence-corrected chi connectivity index (χ1v) is 8.04. The highest BCUT2D eigenvalue weighted by atomic mass is 19.4. The number of hydrogen-bond acceptors (Lipinski definition) is 4. The van der Waals surface area contributed by atoms with Crippen molar-refractivity contribution in [2.45, 2.75) is 6.18 Å². The van der Waals surface area contributed by atoms with Crippen molar-refractivity contribution in [1.29, 1.82) is 0 Å². The van der Waals surface area contributed by atoms with Gasteiger partial charge in [0.05, 0.1) is 34.0 Å². The second-order valence-corrected chi connectivity index (χ2v) is 5.97. The Hall–Kier alpha value is -3.75. The minimum Gasteiger partial charge on any atom is -0.478 e. The SMILES string of the molecule is O=C(O)c1cc(-c2cnn(-c3cccc(C(F)(F)F)c3)c2)c2nccnc2c1. The molecular weight excluding hydrogens is 373 g/mol. The summed E-state index contributed by atoms with van der Waals surface area (Å²) in [5, 5.41) is 13.5. The number of benzene rings is 2. The standard InChI is InChI=1S/C19H11F3N4O2/c20-19(21,22)13-2-1-3-14(8-13)26-10-12(9-25-26)15-6-11(18(27)28)7-16-17(15)24-5-4-23-16/h1-10H,(H,27,28). The van der Waals surface area contributed by atoms with Gasteiger partial charge in [-0.05, 0) is 30.3 Å². The fourth-order valence-corrected chi connectivity index (χ4v) is 2.85. The third kappa shape index (κ3) is 3.18. The van der Waals surface area contributed by atoms with Gasteiger partial charge in [0.1, 0.15) is 0 Å². The van der Waals surface area contributed by atoms with Gasteiger partial charge in [0.15, 0.2) is 0 Å². The number of aromatic carboxylic acids is 1. The van der Waals surface area contributed by atoms with E-state index >= 15 is 0 Å². The summed E-state index contributed by atoms with van der Waals surface area (Å²) >= 11 is 0. The third-order valence-electron chi connectivity index (χ3n) is 4.15. The van der Waals surface area contributed by atoms with Crippen LogP contribution in [0.5, 0.6) is 0 Å². The number of halogens is 3. The molecular formula is C19H11F3N4O2. The van der Waals surface area contributed by atoms with E-state index in [0.717, 1.165) is 12.1 Å². The van der Waals surface area contributed by atoms with E-state index in [1.165, 1.54) is 53.7 Å². The Kier molecular flexibility index (Phi) is 4.07. The summed E-state index contributed by atoms with van der Waals surface area (Å²) in [4.78, 5) is 19.8. The molecule has 0 radical (unpaired) electrons. The zero-order valence-electron chi connectivity index (χ0n) is 14.1. The monoisotopic (exact) mass is 384 g/mol. The molecule has 0 bridgehead atoms. The molecule has 4 rings (SSSR count). The van der Waals surface area contributed by atoms with Gasteiger partial charge in [-0.3, -0.25) is 9.97 Å². The molecule has 0 atom stereocenters. The maximum atomic E-state index is 12.9. The molecule has 2 heterocycles. The molecule has 4 aromatic rings. The van der Waals surface area contributed by atoms with E-state index in [9.17, 15) is 23.1 Å². The quantitative estimate of drug-likeness (QED) is 0.573. The van der Waals surface area contributed by atoms with Crippen molar-refractivity contribution < 1.29 is 23.1 Å². The third-order valence-corrected chi connectivity index (χ3v) is 4.15. The van der Waals surface area contributed by atoms with E-state index in [1.54, 1.807) is 0 Å². The lowest BCUT2D eigenvalue weighted by atomic mass is 10.0. The molecule has 0 aliphatic carbocycles. The smallest absolute Gasteiger partial charge is 0.416 e. The summed E-state index contributed by atoms with van der Waals surface area (Å²) in [7, 11) is 0. The van der Waals surface area contributed by atoms with Crippen LogP contribution in [-0.2, 0) is 6.18 Å². The Morgan fingerprint density at radius 1 is 1.07 bits per heavy atom. The van der Waals surface area contributed by atoms with Crippen molar-refractivity contribution in [2.24, 2.45) is 0 Å². The first-order valence-electron chi connectivity index (χ1n) is 8.04. The molecule has 28 heavy (non-hydrogen) atoms. The van der Waals surface area contributed by atoms with Gasteiger partial charge < -0.3 is 5.11 Å². The molecule has 0 spiro atoms. The van der Waals surface area contributed by atoms with Crippen LogP contribution in [0.15, 0.2) is 61.2 Å². The van der Waals surface area contributed by atoms with Crippen molar-refractivity contribution in [3.05, 3.63) is 72.3 Å². The molecule has 0 amide bonds. The first-order chi connectivity index (χ1) is 13.3. The van der Waals surface area contributed by atoms with Crippen LogP contribution < -0.4 is 0 Å². The molecule has 0 fully saturated rings.